The average Bonchev–Trinajstić information content (AvgIpc) is 3.08. The van der Waals surface area contributed by atoms with Gasteiger partial charge in [-0.1, -0.05) is 13.8 Å². The maximum atomic E-state index is 14.7. The second-order valence-corrected chi connectivity index (χ2v) is 8.44. The standard InChI is InChI=1S/C23H32FN7O2/c1-13(2)9-16(12-25)28-23-19(24)11-18(21(26)32)22(29-23)27-15-5-6-20-17(10-15)14(3)30-31(20)7-8-33-4/h5-6,10-11,13,16H,7-9,12,25H2,1-4H3,(H2,26,32)(H2,27,28,29). The van der Waals surface area contributed by atoms with Crippen molar-refractivity contribution in [1.29, 1.82) is 0 Å². The Morgan fingerprint density at radius 2 is 2.03 bits per heavy atom. The first-order valence-electron chi connectivity index (χ1n) is 10.9. The topological polar surface area (TPSA) is 133 Å². The Kier molecular flexibility index (Phi) is 7.83. The number of benzene rings is 1. The lowest BCUT2D eigenvalue weighted by Crippen LogP contribution is -2.31. The van der Waals surface area contributed by atoms with Crippen LogP contribution in [0.3, 0.4) is 0 Å². The van der Waals surface area contributed by atoms with Crippen LogP contribution in [0.4, 0.5) is 21.7 Å². The van der Waals surface area contributed by atoms with E-state index in [2.05, 4.69) is 34.6 Å². The summed E-state index contributed by atoms with van der Waals surface area (Å²) in [6.07, 6.45) is 0.751. The Balaban J connectivity index is 1.95. The maximum Gasteiger partial charge on any atom is 0.252 e. The fraction of sp³-hybridized carbons (Fsp3) is 0.435. The van der Waals surface area contributed by atoms with E-state index in [4.69, 9.17) is 16.2 Å². The first-order chi connectivity index (χ1) is 15.7. The molecule has 3 rings (SSSR count). The number of hydrogen-bond donors (Lipinski definition) is 4. The molecule has 178 valence electrons. The van der Waals surface area contributed by atoms with Gasteiger partial charge in [-0.05, 0) is 43.5 Å². The van der Waals surface area contributed by atoms with Crippen molar-refractivity contribution < 1.29 is 13.9 Å². The van der Waals surface area contributed by atoms with Crippen molar-refractivity contribution in [3.8, 4) is 0 Å². The molecule has 0 saturated carbocycles. The minimum absolute atomic E-state index is 0.0169. The van der Waals surface area contributed by atoms with Crippen LogP contribution >= 0.6 is 0 Å². The highest BCUT2D eigenvalue weighted by atomic mass is 19.1. The van der Waals surface area contributed by atoms with Crippen LogP contribution in [0.25, 0.3) is 10.9 Å². The monoisotopic (exact) mass is 457 g/mol. The van der Waals surface area contributed by atoms with E-state index in [0.29, 0.717) is 31.3 Å². The maximum absolute atomic E-state index is 14.7. The molecule has 0 bridgehead atoms. The predicted molar refractivity (Wildman–Crippen MR) is 128 cm³/mol. The third-order valence-electron chi connectivity index (χ3n) is 5.33. The number of methoxy groups -OCH3 is 1. The van der Waals surface area contributed by atoms with E-state index < -0.39 is 11.7 Å². The van der Waals surface area contributed by atoms with E-state index in [9.17, 15) is 9.18 Å². The van der Waals surface area contributed by atoms with Crippen molar-refractivity contribution >= 4 is 34.1 Å². The van der Waals surface area contributed by atoms with Gasteiger partial charge in [0.2, 0.25) is 0 Å². The van der Waals surface area contributed by atoms with Gasteiger partial charge in [-0.25, -0.2) is 9.37 Å². The molecule has 1 amide bonds. The number of fused-ring (bicyclic) bond motifs is 1. The average molecular weight is 458 g/mol. The van der Waals surface area contributed by atoms with Crippen molar-refractivity contribution in [2.24, 2.45) is 17.4 Å². The smallest absolute Gasteiger partial charge is 0.252 e. The molecular formula is C23H32FN7O2. The van der Waals surface area contributed by atoms with E-state index in [0.717, 1.165) is 29.1 Å². The van der Waals surface area contributed by atoms with Gasteiger partial charge in [-0.3, -0.25) is 9.48 Å². The number of primary amides is 1. The third-order valence-corrected chi connectivity index (χ3v) is 5.33. The Hall–Kier alpha value is -3.24. The number of aromatic nitrogens is 3. The van der Waals surface area contributed by atoms with Crippen LogP contribution in [-0.2, 0) is 11.3 Å². The molecule has 9 nitrogen and oxygen atoms in total. The molecule has 1 aromatic carbocycles. The summed E-state index contributed by atoms with van der Waals surface area (Å²) < 4.78 is 21.7. The Bertz CT molecular complexity index is 1130. The van der Waals surface area contributed by atoms with Gasteiger partial charge in [-0.2, -0.15) is 5.10 Å². The molecule has 10 heteroatoms. The lowest BCUT2D eigenvalue weighted by Gasteiger charge is -2.21. The number of pyridine rings is 1. The van der Waals surface area contributed by atoms with E-state index in [1.165, 1.54) is 0 Å². The highest BCUT2D eigenvalue weighted by Crippen LogP contribution is 2.28. The number of ether oxygens (including phenoxy) is 1. The van der Waals surface area contributed by atoms with Crippen LogP contribution in [0, 0.1) is 18.7 Å². The van der Waals surface area contributed by atoms with Crippen molar-refractivity contribution in [2.45, 2.75) is 39.8 Å². The van der Waals surface area contributed by atoms with Gasteiger partial charge >= 0.3 is 0 Å². The summed E-state index contributed by atoms with van der Waals surface area (Å²) in [4.78, 5) is 16.3. The molecule has 0 radical (unpaired) electrons. The summed E-state index contributed by atoms with van der Waals surface area (Å²) in [5, 5.41) is 11.7. The zero-order valence-electron chi connectivity index (χ0n) is 19.5. The molecule has 33 heavy (non-hydrogen) atoms. The molecule has 0 aliphatic rings. The molecule has 3 aromatic rings. The number of carbonyl (C=O) groups is 1. The molecule has 2 heterocycles. The number of nitrogens with zero attached hydrogens (tertiary/aromatic N) is 3. The molecule has 0 spiro atoms. The quantitative estimate of drug-likeness (QED) is 0.348. The number of hydrogen-bond acceptors (Lipinski definition) is 7. The van der Waals surface area contributed by atoms with Crippen molar-refractivity contribution in [1.82, 2.24) is 14.8 Å². The molecular weight excluding hydrogens is 425 g/mol. The molecule has 0 fully saturated rings. The second kappa shape index (κ2) is 10.6. The molecule has 0 saturated heterocycles. The molecule has 6 N–H and O–H groups in total. The largest absolute Gasteiger partial charge is 0.383 e. The van der Waals surface area contributed by atoms with Gasteiger partial charge < -0.3 is 26.8 Å². The lowest BCUT2D eigenvalue weighted by atomic mass is 10.0. The van der Waals surface area contributed by atoms with Crippen LogP contribution in [0.5, 0.6) is 0 Å². The molecule has 0 aliphatic heterocycles. The number of rotatable bonds is 11. The van der Waals surface area contributed by atoms with Gasteiger partial charge in [0.15, 0.2) is 11.6 Å². The number of aryl methyl sites for hydroxylation is 1. The minimum Gasteiger partial charge on any atom is -0.383 e. The fourth-order valence-corrected chi connectivity index (χ4v) is 3.75. The number of halogens is 1. The van der Waals surface area contributed by atoms with Gasteiger partial charge in [-0.15, -0.1) is 0 Å². The van der Waals surface area contributed by atoms with E-state index in [1.54, 1.807) is 7.11 Å². The van der Waals surface area contributed by atoms with Crippen LogP contribution < -0.4 is 22.1 Å². The van der Waals surface area contributed by atoms with E-state index in [-0.39, 0.29) is 23.2 Å². The van der Waals surface area contributed by atoms with Gasteiger partial charge in [0.05, 0.1) is 29.9 Å². The van der Waals surface area contributed by atoms with Crippen molar-refractivity contribution in [2.75, 3.05) is 30.9 Å². The number of amides is 1. The number of carbonyl (C=O) groups excluding carboxylic acids is 1. The minimum atomic E-state index is -0.780. The third kappa shape index (κ3) is 5.77. The normalized spacial score (nSPS) is 12.3. The first-order valence-corrected chi connectivity index (χ1v) is 10.9. The number of nitrogens with two attached hydrogens (primary N) is 2. The first kappa shape index (κ1) is 24.4. The molecule has 1 unspecified atom stereocenters. The summed E-state index contributed by atoms with van der Waals surface area (Å²) in [5.74, 6) is -0.893. The summed E-state index contributed by atoms with van der Waals surface area (Å²) in [6.45, 7) is 7.55. The summed E-state index contributed by atoms with van der Waals surface area (Å²) in [5.41, 5.74) is 13.8. The van der Waals surface area contributed by atoms with Crippen molar-refractivity contribution in [3.05, 3.63) is 41.3 Å². The summed E-state index contributed by atoms with van der Waals surface area (Å²) in [7, 11) is 1.65. The number of anilines is 3. The lowest BCUT2D eigenvalue weighted by molar-refractivity contribution is 0.100. The van der Waals surface area contributed by atoms with Crippen LogP contribution in [0.15, 0.2) is 24.3 Å². The highest BCUT2D eigenvalue weighted by Gasteiger charge is 2.19. The zero-order chi connectivity index (χ0) is 24.1. The van der Waals surface area contributed by atoms with Gasteiger partial charge in [0.1, 0.15) is 5.82 Å². The molecule has 2 aromatic heterocycles. The summed E-state index contributed by atoms with van der Waals surface area (Å²) in [6, 6.07) is 6.61. The van der Waals surface area contributed by atoms with Crippen LogP contribution in [0.2, 0.25) is 0 Å². The second-order valence-electron chi connectivity index (χ2n) is 8.44. The highest BCUT2D eigenvalue weighted by molar-refractivity contribution is 5.99. The Morgan fingerprint density at radius 1 is 1.27 bits per heavy atom. The predicted octanol–water partition coefficient (Wildman–Crippen LogP) is 3.15. The number of nitrogens with one attached hydrogen (secondary N) is 2. The SMILES string of the molecule is COCCn1nc(C)c2cc(Nc3nc(NC(CN)CC(C)C)c(F)cc3C(N)=O)ccc21. The van der Waals surface area contributed by atoms with E-state index >= 15 is 0 Å². The molecule has 0 aliphatic carbocycles. The van der Waals surface area contributed by atoms with Crippen LogP contribution in [-0.4, -0.2) is 47.0 Å². The Morgan fingerprint density at radius 3 is 2.67 bits per heavy atom. The van der Waals surface area contributed by atoms with Crippen LogP contribution in [0.1, 0.15) is 36.3 Å². The van der Waals surface area contributed by atoms with Gasteiger partial charge in [0, 0.05) is 30.8 Å². The van der Waals surface area contributed by atoms with E-state index in [1.807, 2.05) is 29.8 Å². The zero-order valence-corrected chi connectivity index (χ0v) is 19.5. The fourth-order valence-electron chi connectivity index (χ4n) is 3.75. The summed E-state index contributed by atoms with van der Waals surface area (Å²) >= 11 is 0. The van der Waals surface area contributed by atoms with Crippen molar-refractivity contribution in [3.63, 3.8) is 0 Å². The Labute approximate surface area is 192 Å². The molecule has 1 atom stereocenters. The van der Waals surface area contributed by atoms with Gasteiger partial charge in [0.25, 0.3) is 5.91 Å².